The lowest BCUT2D eigenvalue weighted by molar-refractivity contribution is -0.120. The van der Waals surface area contributed by atoms with Gasteiger partial charge in [-0.2, -0.15) is 0 Å². The maximum absolute atomic E-state index is 12.6. The van der Waals surface area contributed by atoms with Crippen molar-refractivity contribution >= 4 is 11.9 Å². The molecule has 25 heavy (non-hydrogen) atoms. The molecule has 1 atom stereocenters. The summed E-state index contributed by atoms with van der Waals surface area (Å²) in [6.45, 7) is 2.45. The van der Waals surface area contributed by atoms with Gasteiger partial charge < -0.3 is 24.7 Å². The number of hydrogen-bond acceptors (Lipinski definition) is 4. The zero-order valence-corrected chi connectivity index (χ0v) is 14.2. The minimum Gasteiger partial charge on any atom is -0.496 e. The molecule has 0 aliphatic carbocycles. The molecular formula is C18H21N3O4. The zero-order chi connectivity index (χ0) is 17.8. The van der Waals surface area contributed by atoms with Gasteiger partial charge in [0.1, 0.15) is 17.6 Å². The Morgan fingerprint density at radius 3 is 2.64 bits per heavy atom. The summed E-state index contributed by atoms with van der Waals surface area (Å²) in [4.78, 5) is 25.3. The highest BCUT2D eigenvalue weighted by Gasteiger charge is 2.33. The van der Waals surface area contributed by atoms with Crippen LogP contribution in [0.25, 0.3) is 0 Å². The van der Waals surface area contributed by atoms with Gasteiger partial charge in [0.2, 0.25) is 5.91 Å². The molecule has 0 spiro atoms. The Balaban J connectivity index is 1.74. The molecule has 1 fully saturated rings. The Labute approximate surface area is 145 Å². The Hall–Kier alpha value is -2.96. The maximum atomic E-state index is 12.6. The van der Waals surface area contributed by atoms with Gasteiger partial charge in [-0.1, -0.05) is 18.2 Å². The number of furan rings is 1. The van der Waals surface area contributed by atoms with Gasteiger partial charge in [0, 0.05) is 25.6 Å². The van der Waals surface area contributed by atoms with Crippen molar-refractivity contribution in [2.45, 2.75) is 19.0 Å². The lowest BCUT2D eigenvalue weighted by Crippen LogP contribution is -2.62. The third-order valence-electron chi connectivity index (χ3n) is 4.12. The topological polar surface area (TPSA) is 83.8 Å². The fourth-order valence-electron chi connectivity index (χ4n) is 2.90. The van der Waals surface area contributed by atoms with Crippen LogP contribution in [0.5, 0.6) is 5.75 Å². The molecule has 1 saturated heterocycles. The van der Waals surface area contributed by atoms with Crippen LogP contribution in [0.4, 0.5) is 4.79 Å². The summed E-state index contributed by atoms with van der Waals surface area (Å²) in [5, 5.41) is 5.78. The van der Waals surface area contributed by atoms with Crippen molar-refractivity contribution < 1.29 is 18.7 Å². The van der Waals surface area contributed by atoms with Crippen molar-refractivity contribution in [3.8, 4) is 5.75 Å². The molecule has 1 aliphatic heterocycles. The average molecular weight is 343 g/mol. The van der Waals surface area contributed by atoms with Crippen LogP contribution in [0, 0.1) is 0 Å². The molecule has 0 radical (unpaired) electrons. The van der Waals surface area contributed by atoms with Gasteiger partial charge in [-0.05, 0) is 18.2 Å². The molecule has 0 unspecified atom stereocenters. The summed E-state index contributed by atoms with van der Waals surface area (Å²) in [5.74, 6) is 1.20. The van der Waals surface area contributed by atoms with Crippen LogP contribution in [0.1, 0.15) is 24.3 Å². The van der Waals surface area contributed by atoms with E-state index < -0.39 is 6.04 Å². The first-order chi connectivity index (χ1) is 12.1. The van der Waals surface area contributed by atoms with Gasteiger partial charge in [0.15, 0.2) is 0 Å². The molecule has 1 aromatic heterocycles. The van der Waals surface area contributed by atoms with E-state index in [1.807, 2.05) is 30.3 Å². The number of carbonyl (C=O) groups is 2. The van der Waals surface area contributed by atoms with E-state index in [-0.39, 0.29) is 18.0 Å². The molecule has 3 amide bonds. The van der Waals surface area contributed by atoms with Crippen LogP contribution in [-0.2, 0) is 4.79 Å². The number of amides is 3. The highest BCUT2D eigenvalue weighted by atomic mass is 16.5. The normalized spacial score (nSPS) is 15.2. The summed E-state index contributed by atoms with van der Waals surface area (Å²) in [5.41, 5.74) is 0.812. The standard InChI is InChI=1S/C18H21N3O4/c1-12(22)19-13-10-21(11-13)18(23)20-17(16-8-5-9-25-16)14-6-3-4-7-15(14)24-2/h3-9,13,17H,10-11H2,1-2H3,(H,19,22)(H,20,23)/t17-/m1/s1. The number of nitrogens with zero attached hydrogens (tertiary/aromatic N) is 1. The predicted molar refractivity (Wildman–Crippen MR) is 91.3 cm³/mol. The molecule has 3 rings (SSSR count). The summed E-state index contributed by atoms with van der Waals surface area (Å²) >= 11 is 0. The number of urea groups is 1. The van der Waals surface area contributed by atoms with Crippen LogP contribution in [0.2, 0.25) is 0 Å². The van der Waals surface area contributed by atoms with Crippen LogP contribution in [-0.4, -0.2) is 43.1 Å². The predicted octanol–water partition coefficient (Wildman–Crippen LogP) is 1.91. The van der Waals surface area contributed by atoms with Crippen LogP contribution in [0.15, 0.2) is 47.1 Å². The third kappa shape index (κ3) is 3.76. The summed E-state index contributed by atoms with van der Waals surface area (Å²) in [7, 11) is 1.59. The first-order valence-corrected chi connectivity index (χ1v) is 8.07. The van der Waals surface area contributed by atoms with Crippen LogP contribution < -0.4 is 15.4 Å². The van der Waals surface area contributed by atoms with E-state index in [0.717, 1.165) is 5.56 Å². The van der Waals surface area contributed by atoms with Gasteiger partial charge in [0.25, 0.3) is 0 Å². The Morgan fingerprint density at radius 2 is 2.00 bits per heavy atom. The number of para-hydroxylation sites is 1. The maximum Gasteiger partial charge on any atom is 0.318 e. The van der Waals surface area contributed by atoms with E-state index in [1.54, 1.807) is 24.3 Å². The molecule has 0 saturated carbocycles. The first-order valence-electron chi connectivity index (χ1n) is 8.07. The Morgan fingerprint density at radius 1 is 1.24 bits per heavy atom. The minimum atomic E-state index is -0.460. The van der Waals surface area contributed by atoms with Crippen molar-refractivity contribution in [2.75, 3.05) is 20.2 Å². The smallest absolute Gasteiger partial charge is 0.318 e. The molecule has 2 N–H and O–H groups in total. The molecule has 2 aromatic rings. The second kappa shape index (κ2) is 7.29. The van der Waals surface area contributed by atoms with E-state index >= 15 is 0 Å². The molecule has 0 bridgehead atoms. The van der Waals surface area contributed by atoms with E-state index in [1.165, 1.54) is 6.92 Å². The summed E-state index contributed by atoms with van der Waals surface area (Å²) < 4.78 is 10.9. The molecule has 1 aliphatic rings. The zero-order valence-electron chi connectivity index (χ0n) is 14.2. The number of hydrogen-bond donors (Lipinski definition) is 2. The van der Waals surface area contributed by atoms with E-state index in [0.29, 0.717) is 24.6 Å². The van der Waals surface area contributed by atoms with Crippen LogP contribution in [0.3, 0.4) is 0 Å². The molecule has 132 valence electrons. The van der Waals surface area contributed by atoms with Gasteiger partial charge in [-0.25, -0.2) is 4.79 Å². The van der Waals surface area contributed by atoms with Crippen molar-refractivity contribution in [3.05, 3.63) is 54.0 Å². The number of ether oxygens (including phenoxy) is 1. The van der Waals surface area contributed by atoms with E-state index in [9.17, 15) is 9.59 Å². The number of methoxy groups -OCH3 is 1. The van der Waals surface area contributed by atoms with Crippen molar-refractivity contribution in [2.24, 2.45) is 0 Å². The van der Waals surface area contributed by atoms with Gasteiger partial charge in [-0.3, -0.25) is 4.79 Å². The second-order valence-corrected chi connectivity index (χ2v) is 5.94. The molecular weight excluding hydrogens is 322 g/mol. The quantitative estimate of drug-likeness (QED) is 0.869. The lowest BCUT2D eigenvalue weighted by atomic mass is 10.0. The highest BCUT2D eigenvalue weighted by molar-refractivity contribution is 5.78. The number of likely N-dealkylation sites (tertiary alicyclic amines) is 1. The average Bonchev–Trinajstić information content (AvgIpc) is 3.09. The fraction of sp³-hybridized carbons (Fsp3) is 0.333. The van der Waals surface area contributed by atoms with Crippen LogP contribution >= 0.6 is 0 Å². The number of carbonyl (C=O) groups excluding carboxylic acids is 2. The highest BCUT2D eigenvalue weighted by Crippen LogP contribution is 2.30. The minimum absolute atomic E-state index is 0.0107. The first kappa shape index (κ1) is 16.9. The summed E-state index contributed by atoms with van der Waals surface area (Å²) in [6.07, 6.45) is 1.57. The van der Waals surface area contributed by atoms with E-state index in [2.05, 4.69) is 10.6 Å². The van der Waals surface area contributed by atoms with Gasteiger partial charge in [0.05, 0.1) is 19.4 Å². The molecule has 2 heterocycles. The number of rotatable bonds is 5. The van der Waals surface area contributed by atoms with E-state index in [4.69, 9.17) is 9.15 Å². The molecule has 7 heteroatoms. The Kier molecular flexibility index (Phi) is 4.92. The monoisotopic (exact) mass is 343 g/mol. The van der Waals surface area contributed by atoms with Gasteiger partial charge in [-0.15, -0.1) is 0 Å². The second-order valence-electron chi connectivity index (χ2n) is 5.94. The largest absolute Gasteiger partial charge is 0.496 e. The molecule has 1 aromatic carbocycles. The fourth-order valence-corrected chi connectivity index (χ4v) is 2.90. The molecule has 7 nitrogen and oxygen atoms in total. The lowest BCUT2D eigenvalue weighted by Gasteiger charge is -2.39. The van der Waals surface area contributed by atoms with Crippen molar-refractivity contribution in [1.82, 2.24) is 15.5 Å². The SMILES string of the molecule is COc1ccccc1[C@@H](NC(=O)N1CC(NC(C)=O)C1)c1ccco1. The van der Waals surface area contributed by atoms with Crippen molar-refractivity contribution in [1.29, 1.82) is 0 Å². The van der Waals surface area contributed by atoms with Gasteiger partial charge >= 0.3 is 6.03 Å². The summed E-state index contributed by atoms with van der Waals surface area (Å²) in [6, 6.07) is 10.4. The third-order valence-corrected chi connectivity index (χ3v) is 4.12. The number of benzene rings is 1. The Bertz CT molecular complexity index is 739. The van der Waals surface area contributed by atoms with Crippen molar-refractivity contribution in [3.63, 3.8) is 0 Å². The number of nitrogens with one attached hydrogen (secondary N) is 2.